The maximum absolute atomic E-state index is 12.4. The highest BCUT2D eigenvalue weighted by Crippen LogP contribution is 2.26. The molecular formula is C26H28N2O6. The fourth-order valence-corrected chi connectivity index (χ4v) is 2.93. The minimum atomic E-state index is -0.876. The van der Waals surface area contributed by atoms with Crippen molar-refractivity contribution >= 4 is 23.6 Å². The third-order valence-electron chi connectivity index (χ3n) is 4.76. The zero-order valence-corrected chi connectivity index (χ0v) is 19.4. The number of hydrogen-bond donors (Lipinski definition) is 2. The van der Waals surface area contributed by atoms with Gasteiger partial charge in [-0.2, -0.15) is 0 Å². The first-order valence-corrected chi connectivity index (χ1v) is 10.7. The Labute approximate surface area is 198 Å². The first kappa shape index (κ1) is 24.4. The lowest BCUT2D eigenvalue weighted by Crippen LogP contribution is -2.33. The summed E-state index contributed by atoms with van der Waals surface area (Å²) in [7, 11) is 1.53. The molecule has 0 aliphatic rings. The van der Waals surface area contributed by atoms with Gasteiger partial charge in [0.1, 0.15) is 13.2 Å². The van der Waals surface area contributed by atoms with Crippen LogP contribution in [-0.4, -0.2) is 38.6 Å². The highest BCUT2D eigenvalue weighted by molar-refractivity contribution is 5.85. The molecule has 2 amide bonds. The van der Waals surface area contributed by atoms with Crippen LogP contribution in [0, 0.1) is 13.8 Å². The minimum absolute atomic E-state index is 0.0560. The van der Waals surface area contributed by atoms with Crippen LogP contribution >= 0.6 is 0 Å². The first-order valence-electron chi connectivity index (χ1n) is 10.7. The molecule has 0 bridgehead atoms. The summed E-state index contributed by atoms with van der Waals surface area (Å²) < 4.78 is 21.8. The van der Waals surface area contributed by atoms with Crippen LogP contribution in [0.4, 0.5) is 21.0 Å². The number of aryl methyl sites for hydroxylation is 2. The second-order valence-electron chi connectivity index (χ2n) is 7.57. The van der Waals surface area contributed by atoms with Crippen LogP contribution in [0.2, 0.25) is 0 Å². The van der Waals surface area contributed by atoms with Crippen molar-refractivity contribution in [2.24, 2.45) is 0 Å². The van der Waals surface area contributed by atoms with Gasteiger partial charge in [-0.25, -0.2) is 9.59 Å². The number of nitrogens with one attached hydrogen (secondary N) is 2. The fraction of sp³-hybridized carbons (Fsp3) is 0.231. The summed E-state index contributed by atoms with van der Waals surface area (Å²) in [5, 5.41) is 5.29. The SMILES string of the molecule is COc1ccccc1OC[C@H](COC(=O)Nc1ccc(C)cc1)OC(=O)Nc1ccc(C)cc1. The average molecular weight is 465 g/mol. The van der Waals surface area contributed by atoms with Gasteiger partial charge in [0.2, 0.25) is 0 Å². The monoisotopic (exact) mass is 464 g/mol. The van der Waals surface area contributed by atoms with Crippen molar-refractivity contribution in [3.05, 3.63) is 83.9 Å². The van der Waals surface area contributed by atoms with E-state index < -0.39 is 18.3 Å². The van der Waals surface area contributed by atoms with Gasteiger partial charge >= 0.3 is 12.2 Å². The quantitative estimate of drug-likeness (QED) is 0.431. The molecular weight excluding hydrogens is 436 g/mol. The molecule has 0 saturated heterocycles. The molecule has 0 aromatic heterocycles. The van der Waals surface area contributed by atoms with Gasteiger partial charge in [-0.15, -0.1) is 0 Å². The van der Waals surface area contributed by atoms with Gasteiger partial charge in [-0.05, 0) is 50.2 Å². The molecule has 1 atom stereocenters. The number of anilines is 2. The first-order chi connectivity index (χ1) is 16.4. The Kier molecular flexibility index (Phi) is 8.73. The van der Waals surface area contributed by atoms with E-state index in [2.05, 4.69) is 10.6 Å². The standard InChI is InChI=1S/C26H28N2O6/c1-18-8-12-20(13-9-18)27-25(29)33-17-22(16-32-24-7-5-4-6-23(24)31-3)34-26(30)28-21-14-10-19(2)11-15-21/h4-15,22H,16-17H2,1-3H3,(H,27,29)(H,28,30)/t22-/m1/s1. The number of rotatable bonds is 9. The van der Waals surface area contributed by atoms with E-state index in [1.54, 1.807) is 42.5 Å². The van der Waals surface area contributed by atoms with Crippen LogP contribution in [0.1, 0.15) is 11.1 Å². The molecule has 0 radical (unpaired) electrons. The molecule has 3 aromatic carbocycles. The second-order valence-corrected chi connectivity index (χ2v) is 7.57. The van der Waals surface area contributed by atoms with E-state index in [4.69, 9.17) is 18.9 Å². The van der Waals surface area contributed by atoms with Gasteiger partial charge in [0.25, 0.3) is 0 Å². The molecule has 8 heteroatoms. The summed E-state index contributed by atoms with van der Waals surface area (Å²) in [6, 6.07) is 21.6. The fourth-order valence-electron chi connectivity index (χ4n) is 2.93. The lowest BCUT2D eigenvalue weighted by Gasteiger charge is -2.20. The maximum Gasteiger partial charge on any atom is 0.412 e. The van der Waals surface area contributed by atoms with Crippen molar-refractivity contribution in [2.75, 3.05) is 31.0 Å². The molecule has 0 unspecified atom stereocenters. The molecule has 0 fully saturated rings. The Morgan fingerprint density at radius 3 is 1.82 bits per heavy atom. The smallest absolute Gasteiger partial charge is 0.412 e. The van der Waals surface area contributed by atoms with Crippen molar-refractivity contribution in [3.63, 3.8) is 0 Å². The Morgan fingerprint density at radius 1 is 0.735 bits per heavy atom. The van der Waals surface area contributed by atoms with E-state index in [1.165, 1.54) is 7.11 Å². The van der Waals surface area contributed by atoms with Gasteiger partial charge < -0.3 is 18.9 Å². The molecule has 34 heavy (non-hydrogen) atoms. The lowest BCUT2D eigenvalue weighted by atomic mass is 10.2. The third kappa shape index (κ3) is 7.74. The molecule has 2 N–H and O–H groups in total. The van der Waals surface area contributed by atoms with E-state index in [-0.39, 0.29) is 13.2 Å². The third-order valence-corrected chi connectivity index (χ3v) is 4.76. The number of benzene rings is 3. The highest BCUT2D eigenvalue weighted by atomic mass is 16.6. The van der Waals surface area contributed by atoms with E-state index in [1.807, 2.05) is 44.2 Å². The molecule has 3 rings (SSSR count). The zero-order chi connectivity index (χ0) is 24.3. The number of amides is 2. The van der Waals surface area contributed by atoms with Gasteiger partial charge in [-0.1, -0.05) is 47.5 Å². The Balaban J connectivity index is 1.60. The van der Waals surface area contributed by atoms with Crippen LogP contribution in [0.25, 0.3) is 0 Å². The summed E-state index contributed by atoms with van der Waals surface area (Å²) in [6.45, 7) is 3.63. The van der Waals surface area contributed by atoms with E-state index >= 15 is 0 Å². The Morgan fingerprint density at radius 2 is 1.26 bits per heavy atom. The van der Waals surface area contributed by atoms with E-state index in [0.29, 0.717) is 22.9 Å². The molecule has 3 aromatic rings. The molecule has 0 heterocycles. The molecule has 0 spiro atoms. The number of carbonyl (C=O) groups is 2. The van der Waals surface area contributed by atoms with Crippen LogP contribution in [0.15, 0.2) is 72.8 Å². The van der Waals surface area contributed by atoms with Crippen molar-refractivity contribution < 1.29 is 28.5 Å². The van der Waals surface area contributed by atoms with Crippen molar-refractivity contribution in [1.29, 1.82) is 0 Å². The molecule has 0 aliphatic heterocycles. The number of carbonyl (C=O) groups excluding carboxylic acids is 2. The predicted octanol–water partition coefficient (Wildman–Crippen LogP) is 5.56. The average Bonchev–Trinajstić information content (AvgIpc) is 2.84. The molecule has 8 nitrogen and oxygen atoms in total. The summed E-state index contributed by atoms with van der Waals surface area (Å²) in [5.74, 6) is 1.00. The molecule has 178 valence electrons. The van der Waals surface area contributed by atoms with Crippen LogP contribution < -0.4 is 20.1 Å². The van der Waals surface area contributed by atoms with Gasteiger partial charge in [0.15, 0.2) is 17.6 Å². The summed E-state index contributed by atoms with van der Waals surface area (Å²) in [6.07, 6.45) is -2.24. The predicted molar refractivity (Wildman–Crippen MR) is 130 cm³/mol. The number of methoxy groups -OCH3 is 1. The van der Waals surface area contributed by atoms with Crippen LogP contribution in [0.3, 0.4) is 0 Å². The summed E-state index contributed by atoms with van der Waals surface area (Å²) >= 11 is 0. The summed E-state index contributed by atoms with van der Waals surface area (Å²) in [4.78, 5) is 24.7. The van der Waals surface area contributed by atoms with Crippen molar-refractivity contribution in [1.82, 2.24) is 0 Å². The van der Waals surface area contributed by atoms with Crippen molar-refractivity contribution in [3.8, 4) is 11.5 Å². The van der Waals surface area contributed by atoms with Gasteiger partial charge in [-0.3, -0.25) is 10.6 Å². The van der Waals surface area contributed by atoms with Gasteiger partial charge in [0, 0.05) is 11.4 Å². The van der Waals surface area contributed by atoms with Crippen LogP contribution in [0.5, 0.6) is 11.5 Å². The normalized spacial score (nSPS) is 11.1. The second kappa shape index (κ2) is 12.2. The number of ether oxygens (including phenoxy) is 4. The molecule has 0 saturated carbocycles. The largest absolute Gasteiger partial charge is 0.493 e. The Bertz CT molecular complexity index is 1080. The van der Waals surface area contributed by atoms with E-state index in [9.17, 15) is 9.59 Å². The number of hydrogen-bond acceptors (Lipinski definition) is 6. The number of para-hydroxylation sites is 2. The topological polar surface area (TPSA) is 95.1 Å². The van der Waals surface area contributed by atoms with E-state index in [0.717, 1.165) is 11.1 Å². The zero-order valence-electron chi connectivity index (χ0n) is 19.4. The summed E-state index contributed by atoms with van der Waals surface area (Å²) in [5.41, 5.74) is 3.31. The lowest BCUT2D eigenvalue weighted by molar-refractivity contribution is 0.0284. The van der Waals surface area contributed by atoms with Crippen LogP contribution in [-0.2, 0) is 9.47 Å². The minimum Gasteiger partial charge on any atom is -0.493 e. The van der Waals surface area contributed by atoms with Crippen molar-refractivity contribution in [2.45, 2.75) is 20.0 Å². The van der Waals surface area contributed by atoms with Gasteiger partial charge in [0.05, 0.1) is 7.11 Å². The Hall–Kier alpha value is -4.20. The maximum atomic E-state index is 12.4. The highest BCUT2D eigenvalue weighted by Gasteiger charge is 2.19. The molecule has 0 aliphatic carbocycles.